The number of furan rings is 1. The Morgan fingerprint density at radius 2 is 2.33 bits per heavy atom. The number of hydrogen-bond donors (Lipinski definition) is 1. The maximum absolute atomic E-state index is 9.10. The molecule has 2 aromatic rings. The highest BCUT2D eigenvalue weighted by molar-refractivity contribution is 5.66. The predicted molar refractivity (Wildman–Crippen MR) is 55.1 cm³/mol. The monoisotopic (exact) mass is 201 g/mol. The van der Waals surface area contributed by atoms with Crippen molar-refractivity contribution in [2.24, 2.45) is 0 Å². The molecule has 0 spiro atoms. The number of nitrogens with zero attached hydrogens (tertiary/aromatic N) is 2. The zero-order valence-corrected chi connectivity index (χ0v) is 8.61. The van der Waals surface area contributed by atoms with Crippen molar-refractivity contribution in [2.75, 3.05) is 0 Å². The number of aromatic amines is 1. The molecule has 2 aromatic heterocycles. The van der Waals surface area contributed by atoms with E-state index in [-0.39, 0.29) is 5.92 Å². The molecule has 0 aliphatic rings. The van der Waals surface area contributed by atoms with E-state index < -0.39 is 0 Å². The lowest BCUT2D eigenvalue weighted by atomic mass is 10.0. The molecular weight excluding hydrogens is 190 g/mol. The second kappa shape index (κ2) is 3.62. The summed E-state index contributed by atoms with van der Waals surface area (Å²) >= 11 is 0. The molecule has 0 saturated carbocycles. The molecule has 0 aliphatic heterocycles. The predicted octanol–water partition coefficient (Wildman–Crippen LogP) is 2.66. The van der Waals surface area contributed by atoms with E-state index in [2.05, 4.69) is 16.3 Å². The molecule has 4 nitrogen and oxygen atoms in total. The van der Waals surface area contributed by atoms with Crippen LogP contribution in [0.4, 0.5) is 0 Å². The van der Waals surface area contributed by atoms with Gasteiger partial charge in [-0.25, -0.2) is 0 Å². The average molecular weight is 201 g/mol. The topological polar surface area (TPSA) is 65.6 Å². The molecule has 0 radical (unpaired) electrons. The summed E-state index contributed by atoms with van der Waals surface area (Å²) in [6, 6.07) is 3.97. The molecule has 76 valence electrons. The third-order valence-electron chi connectivity index (χ3n) is 2.28. The smallest absolute Gasteiger partial charge is 0.113 e. The molecule has 1 N–H and O–H groups in total. The Balaban J connectivity index is 2.56. The quantitative estimate of drug-likeness (QED) is 0.812. The summed E-state index contributed by atoms with van der Waals surface area (Å²) in [5.74, 6) is 0.257. The van der Waals surface area contributed by atoms with Gasteiger partial charge in [0.15, 0.2) is 0 Å². The molecule has 0 atom stereocenters. The van der Waals surface area contributed by atoms with Crippen LogP contribution in [0.1, 0.15) is 31.0 Å². The minimum Gasteiger partial charge on any atom is -0.472 e. The Hall–Kier alpha value is -2.02. The SMILES string of the molecule is CC(C)c1[nH]nc(-c2ccoc2)c1C#N. The Bertz CT molecular complexity index is 488. The van der Waals surface area contributed by atoms with Gasteiger partial charge in [-0.1, -0.05) is 13.8 Å². The number of aromatic nitrogens is 2. The van der Waals surface area contributed by atoms with Gasteiger partial charge in [0.2, 0.25) is 0 Å². The standard InChI is InChI=1S/C11H11N3O/c1-7(2)10-9(5-12)11(14-13-10)8-3-4-15-6-8/h3-4,6-7H,1-2H3,(H,13,14). The fourth-order valence-corrected chi connectivity index (χ4v) is 1.49. The third-order valence-corrected chi connectivity index (χ3v) is 2.28. The number of nitrogens with one attached hydrogen (secondary N) is 1. The number of hydrogen-bond acceptors (Lipinski definition) is 3. The van der Waals surface area contributed by atoms with Gasteiger partial charge in [0, 0.05) is 5.56 Å². The fraction of sp³-hybridized carbons (Fsp3) is 0.273. The zero-order chi connectivity index (χ0) is 10.8. The Kier molecular flexibility index (Phi) is 2.30. The lowest BCUT2D eigenvalue weighted by molar-refractivity contribution is 0.568. The van der Waals surface area contributed by atoms with Crippen molar-refractivity contribution in [1.82, 2.24) is 10.2 Å². The highest BCUT2D eigenvalue weighted by atomic mass is 16.3. The largest absolute Gasteiger partial charge is 0.472 e. The van der Waals surface area contributed by atoms with E-state index in [1.54, 1.807) is 18.6 Å². The highest BCUT2D eigenvalue weighted by Gasteiger charge is 2.17. The van der Waals surface area contributed by atoms with E-state index in [1.165, 1.54) is 0 Å². The Morgan fingerprint density at radius 1 is 1.53 bits per heavy atom. The zero-order valence-electron chi connectivity index (χ0n) is 8.61. The summed E-state index contributed by atoms with van der Waals surface area (Å²) in [6.45, 7) is 4.04. The molecule has 0 aromatic carbocycles. The third kappa shape index (κ3) is 1.52. The second-order valence-electron chi connectivity index (χ2n) is 3.64. The minimum atomic E-state index is 0.257. The van der Waals surface area contributed by atoms with Crippen molar-refractivity contribution in [1.29, 1.82) is 5.26 Å². The summed E-state index contributed by atoms with van der Waals surface area (Å²) in [5, 5.41) is 16.1. The number of rotatable bonds is 2. The molecule has 2 rings (SSSR count). The van der Waals surface area contributed by atoms with Crippen LogP contribution in [0.3, 0.4) is 0 Å². The molecule has 0 aliphatic carbocycles. The molecule has 15 heavy (non-hydrogen) atoms. The van der Waals surface area contributed by atoms with Gasteiger partial charge >= 0.3 is 0 Å². The number of nitriles is 1. The van der Waals surface area contributed by atoms with Crippen molar-refractivity contribution in [3.05, 3.63) is 29.9 Å². The van der Waals surface area contributed by atoms with Crippen LogP contribution < -0.4 is 0 Å². The maximum Gasteiger partial charge on any atom is 0.113 e. The van der Waals surface area contributed by atoms with Gasteiger partial charge in [-0.2, -0.15) is 10.4 Å². The average Bonchev–Trinajstić information content (AvgIpc) is 2.85. The first-order chi connectivity index (χ1) is 7.24. The van der Waals surface area contributed by atoms with Gasteiger partial charge in [-0.3, -0.25) is 5.10 Å². The van der Waals surface area contributed by atoms with Crippen LogP contribution in [0.5, 0.6) is 0 Å². The van der Waals surface area contributed by atoms with Crippen LogP contribution in [0.2, 0.25) is 0 Å². The van der Waals surface area contributed by atoms with Crippen molar-refractivity contribution < 1.29 is 4.42 Å². The molecular formula is C11H11N3O. The van der Waals surface area contributed by atoms with Crippen LogP contribution in [0.25, 0.3) is 11.3 Å². The van der Waals surface area contributed by atoms with Crippen molar-refractivity contribution in [2.45, 2.75) is 19.8 Å². The van der Waals surface area contributed by atoms with Crippen LogP contribution in [0, 0.1) is 11.3 Å². The van der Waals surface area contributed by atoms with Gasteiger partial charge in [-0.05, 0) is 12.0 Å². The van der Waals surface area contributed by atoms with Gasteiger partial charge in [-0.15, -0.1) is 0 Å². The van der Waals surface area contributed by atoms with Crippen LogP contribution in [-0.2, 0) is 0 Å². The Morgan fingerprint density at radius 3 is 2.87 bits per heavy atom. The molecule has 0 fully saturated rings. The van der Waals surface area contributed by atoms with Gasteiger partial charge in [0.25, 0.3) is 0 Å². The van der Waals surface area contributed by atoms with E-state index >= 15 is 0 Å². The first-order valence-corrected chi connectivity index (χ1v) is 4.75. The minimum absolute atomic E-state index is 0.257. The van der Waals surface area contributed by atoms with E-state index in [1.807, 2.05) is 13.8 Å². The lowest BCUT2D eigenvalue weighted by Crippen LogP contribution is -1.90. The van der Waals surface area contributed by atoms with Crippen molar-refractivity contribution in [3.63, 3.8) is 0 Å². The van der Waals surface area contributed by atoms with E-state index in [0.29, 0.717) is 11.3 Å². The molecule has 0 amide bonds. The van der Waals surface area contributed by atoms with Crippen LogP contribution in [-0.4, -0.2) is 10.2 Å². The highest BCUT2D eigenvalue weighted by Crippen LogP contribution is 2.27. The molecule has 4 heteroatoms. The Labute approximate surface area is 87.5 Å². The van der Waals surface area contributed by atoms with E-state index in [9.17, 15) is 0 Å². The molecule has 2 heterocycles. The second-order valence-corrected chi connectivity index (χ2v) is 3.64. The van der Waals surface area contributed by atoms with Crippen molar-refractivity contribution in [3.8, 4) is 17.3 Å². The number of H-pyrrole nitrogens is 1. The molecule has 0 bridgehead atoms. The normalized spacial score (nSPS) is 10.5. The van der Waals surface area contributed by atoms with E-state index in [4.69, 9.17) is 9.68 Å². The first kappa shape index (κ1) is 9.53. The van der Waals surface area contributed by atoms with Crippen LogP contribution >= 0.6 is 0 Å². The molecule has 0 saturated heterocycles. The van der Waals surface area contributed by atoms with Crippen LogP contribution in [0.15, 0.2) is 23.0 Å². The lowest BCUT2D eigenvalue weighted by Gasteiger charge is -1.99. The first-order valence-electron chi connectivity index (χ1n) is 4.75. The molecule has 0 unspecified atom stereocenters. The maximum atomic E-state index is 9.10. The van der Waals surface area contributed by atoms with Crippen molar-refractivity contribution >= 4 is 0 Å². The summed E-state index contributed by atoms with van der Waals surface area (Å²) in [6.07, 6.45) is 3.15. The fourth-order valence-electron chi connectivity index (χ4n) is 1.49. The van der Waals surface area contributed by atoms with Gasteiger partial charge in [0.1, 0.15) is 17.3 Å². The summed E-state index contributed by atoms with van der Waals surface area (Å²) < 4.78 is 4.97. The summed E-state index contributed by atoms with van der Waals surface area (Å²) in [5.41, 5.74) is 2.96. The van der Waals surface area contributed by atoms with E-state index in [0.717, 1.165) is 11.3 Å². The van der Waals surface area contributed by atoms with Gasteiger partial charge in [0.05, 0.1) is 18.2 Å². The van der Waals surface area contributed by atoms with Gasteiger partial charge < -0.3 is 4.42 Å². The summed E-state index contributed by atoms with van der Waals surface area (Å²) in [4.78, 5) is 0. The summed E-state index contributed by atoms with van der Waals surface area (Å²) in [7, 11) is 0.